The first-order valence-electron chi connectivity index (χ1n) is 5.05. The number of methoxy groups -OCH3 is 1. The van der Waals surface area contributed by atoms with Gasteiger partial charge in [-0.05, 0) is 13.3 Å². The summed E-state index contributed by atoms with van der Waals surface area (Å²) >= 11 is 0. The van der Waals surface area contributed by atoms with Crippen molar-refractivity contribution in [3.8, 4) is 0 Å². The maximum absolute atomic E-state index is 11.7. The van der Waals surface area contributed by atoms with Gasteiger partial charge in [0.2, 0.25) is 5.91 Å². The highest BCUT2D eigenvalue weighted by Crippen LogP contribution is 2.05. The lowest BCUT2D eigenvalue weighted by Crippen LogP contribution is -2.38. The molecule has 0 fully saturated rings. The minimum Gasteiger partial charge on any atom is -0.380 e. The molecule has 4 nitrogen and oxygen atoms in total. The highest BCUT2D eigenvalue weighted by molar-refractivity contribution is 5.76. The Hall–Kier alpha value is -0.610. The summed E-state index contributed by atoms with van der Waals surface area (Å²) in [5.41, 5.74) is 5.44. The number of rotatable bonds is 6. The van der Waals surface area contributed by atoms with Gasteiger partial charge in [0.05, 0.1) is 12.5 Å². The molecule has 0 aliphatic heterocycles. The van der Waals surface area contributed by atoms with Crippen LogP contribution in [0, 0.1) is 0 Å². The van der Waals surface area contributed by atoms with E-state index in [0.717, 1.165) is 6.42 Å². The fourth-order valence-corrected chi connectivity index (χ4v) is 1.12. The molecule has 0 aliphatic carbocycles. The van der Waals surface area contributed by atoms with E-state index in [1.807, 2.05) is 14.0 Å². The molecule has 0 bridgehead atoms. The van der Waals surface area contributed by atoms with E-state index < -0.39 is 0 Å². The minimum absolute atomic E-state index is 0.0941. The summed E-state index contributed by atoms with van der Waals surface area (Å²) in [6.45, 7) is 4.48. The van der Waals surface area contributed by atoms with Gasteiger partial charge in [-0.3, -0.25) is 4.79 Å². The molecule has 0 spiro atoms. The van der Waals surface area contributed by atoms with Gasteiger partial charge in [0, 0.05) is 26.7 Å². The standard InChI is InChI=1S/C10H22N2O2/c1-5-8(2)12(3)10(13)6-9(7-11)14-4/h8-9H,5-7,11H2,1-4H3. The summed E-state index contributed by atoms with van der Waals surface area (Å²) in [5.74, 6) is 0.0941. The number of ether oxygens (including phenoxy) is 1. The highest BCUT2D eigenvalue weighted by Gasteiger charge is 2.18. The van der Waals surface area contributed by atoms with Gasteiger partial charge in [-0.25, -0.2) is 0 Å². The van der Waals surface area contributed by atoms with Crippen molar-refractivity contribution >= 4 is 5.91 Å². The number of nitrogens with zero attached hydrogens (tertiary/aromatic N) is 1. The molecule has 0 saturated heterocycles. The van der Waals surface area contributed by atoms with Crippen molar-refractivity contribution in [2.45, 2.75) is 38.8 Å². The number of carbonyl (C=O) groups is 1. The van der Waals surface area contributed by atoms with Crippen molar-refractivity contribution in [1.82, 2.24) is 4.90 Å². The Morgan fingerprint density at radius 3 is 2.50 bits per heavy atom. The monoisotopic (exact) mass is 202 g/mol. The third-order valence-corrected chi connectivity index (χ3v) is 2.64. The fraction of sp³-hybridized carbons (Fsp3) is 0.900. The van der Waals surface area contributed by atoms with Crippen LogP contribution in [0.25, 0.3) is 0 Å². The van der Waals surface area contributed by atoms with E-state index in [4.69, 9.17) is 10.5 Å². The topological polar surface area (TPSA) is 55.6 Å². The van der Waals surface area contributed by atoms with Gasteiger partial charge in [0.1, 0.15) is 0 Å². The second-order valence-corrected chi connectivity index (χ2v) is 3.56. The molecular formula is C10H22N2O2. The van der Waals surface area contributed by atoms with Crippen molar-refractivity contribution in [2.75, 3.05) is 20.7 Å². The van der Waals surface area contributed by atoms with Crippen LogP contribution in [-0.2, 0) is 9.53 Å². The van der Waals surface area contributed by atoms with Crippen LogP contribution in [0.2, 0.25) is 0 Å². The SMILES string of the molecule is CCC(C)N(C)C(=O)CC(CN)OC. The molecule has 0 aromatic carbocycles. The smallest absolute Gasteiger partial charge is 0.225 e. The molecule has 4 heteroatoms. The third-order valence-electron chi connectivity index (χ3n) is 2.64. The zero-order valence-corrected chi connectivity index (χ0v) is 9.62. The Morgan fingerprint density at radius 1 is 1.57 bits per heavy atom. The first-order valence-corrected chi connectivity index (χ1v) is 5.05. The Morgan fingerprint density at radius 2 is 2.14 bits per heavy atom. The quantitative estimate of drug-likeness (QED) is 0.686. The molecule has 0 aromatic heterocycles. The van der Waals surface area contributed by atoms with Crippen LogP contribution in [0.15, 0.2) is 0 Å². The molecule has 2 N–H and O–H groups in total. The fourth-order valence-electron chi connectivity index (χ4n) is 1.12. The Bertz CT molecular complexity index is 170. The average molecular weight is 202 g/mol. The zero-order chi connectivity index (χ0) is 11.1. The second-order valence-electron chi connectivity index (χ2n) is 3.56. The maximum Gasteiger partial charge on any atom is 0.225 e. The second kappa shape index (κ2) is 6.79. The van der Waals surface area contributed by atoms with Crippen LogP contribution in [0.1, 0.15) is 26.7 Å². The van der Waals surface area contributed by atoms with Gasteiger partial charge in [-0.2, -0.15) is 0 Å². The molecule has 84 valence electrons. The number of hydrogen-bond acceptors (Lipinski definition) is 3. The van der Waals surface area contributed by atoms with E-state index in [1.54, 1.807) is 12.0 Å². The maximum atomic E-state index is 11.7. The molecule has 0 rings (SSSR count). The molecular weight excluding hydrogens is 180 g/mol. The molecule has 2 atom stereocenters. The van der Waals surface area contributed by atoms with Gasteiger partial charge in [-0.1, -0.05) is 6.92 Å². The summed E-state index contributed by atoms with van der Waals surface area (Å²) in [7, 11) is 3.40. The molecule has 0 aromatic rings. The lowest BCUT2D eigenvalue weighted by atomic mass is 10.2. The van der Waals surface area contributed by atoms with E-state index in [-0.39, 0.29) is 18.1 Å². The first kappa shape index (κ1) is 13.4. The summed E-state index contributed by atoms with van der Waals surface area (Å²) in [6, 6.07) is 0.276. The van der Waals surface area contributed by atoms with Gasteiger partial charge < -0.3 is 15.4 Å². The van der Waals surface area contributed by atoms with Gasteiger partial charge >= 0.3 is 0 Å². The number of hydrogen-bond donors (Lipinski definition) is 1. The summed E-state index contributed by atoms with van der Waals surface area (Å²) in [4.78, 5) is 13.4. The van der Waals surface area contributed by atoms with Gasteiger partial charge in [0.25, 0.3) is 0 Å². The lowest BCUT2D eigenvalue weighted by molar-refractivity contribution is -0.134. The van der Waals surface area contributed by atoms with Crippen molar-refractivity contribution < 1.29 is 9.53 Å². The molecule has 0 aliphatic rings. The Kier molecular flexibility index (Phi) is 6.49. The summed E-state index contributed by atoms with van der Waals surface area (Å²) in [6.07, 6.45) is 1.17. The van der Waals surface area contributed by atoms with Crippen molar-refractivity contribution in [3.63, 3.8) is 0 Å². The number of amides is 1. The summed E-state index contributed by atoms with van der Waals surface area (Å²) in [5, 5.41) is 0. The molecule has 0 saturated carbocycles. The van der Waals surface area contributed by atoms with Crippen LogP contribution in [-0.4, -0.2) is 43.7 Å². The summed E-state index contributed by atoms with van der Waals surface area (Å²) < 4.78 is 5.06. The Balaban J connectivity index is 4.06. The van der Waals surface area contributed by atoms with Crippen molar-refractivity contribution in [2.24, 2.45) is 5.73 Å². The molecule has 1 amide bonds. The van der Waals surface area contributed by atoms with Gasteiger partial charge in [0.15, 0.2) is 0 Å². The first-order chi connectivity index (χ1) is 6.56. The minimum atomic E-state index is -0.158. The van der Waals surface area contributed by atoms with Crippen LogP contribution in [0.5, 0.6) is 0 Å². The van der Waals surface area contributed by atoms with Gasteiger partial charge in [-0.15, -0.1) is 0 Å². The Labute approximate surface area is 86.4 Å². The molecule has 14 heavy (non-hydrogen) atoms. The average Bonchev–Trinajstić information content (AvgIpc) is 2.23. The van der Waals surface area contributed by atoms with E-state index in [1.165, 1.54) is 0 Å². The third kappa shape index (κ3) is 4.07. The normalized spacial score (nSPS) is 14.9. The van der Waals surface area contributed by atoms with Crippen molar-refractivity contribution in [1.29, 1.82) is 0 Å². The van der Waals surface area contributed by atoms with E-state index in [9.17, 15) is 4.79 Å². The zero-order valence-electron chi connectivity index (χ0n) is 9.62. The number of carbonyl (C=O) groups excluding carboxylic acids is 1. The van der Waals surface area contributed by atoms with E-state index in [0.29, 0.717) is 13.0 Å². The van der Waals surface area contributed by atoms with E-state index in [2.05, 4.69) is 6.92 Å². The van der Waals surface area contributed by atoms with Crippen LogP contribution < -0.4 is 5.73 Å². The highest BCUT2D eigenvalue weighted by atomic mass is 16.5. The largest absolute Gasteiger partial charge is 0.380 e. The molecule has 0 heterocycles. The van der Waals surface area contributed by atoms with Crippen LogP contribution >= 0.6 is 0 Å². The molecule has 2 unspecified atom stereocenters. The van der Waals surface area contributed by atoms with Crippen molar-refractivity contribution in [3.05, 3.63) is 0 Å². The van der Waals surface area contributed by atoms with Crippen LogP contribution in [0.4, 0.5) is 0 Å². The predicted octanol–water partition coefficient (Wildman–Crippen LogP) is 0.607. The predicted molar refractivity (Wildman–Crippen MR) is 57.0 cm³/mol. The number of nitrogens with two attached hydrogens (primary N) is 1. The molecule has 0 radical (unpaired) electrons. The lowest BCUT2D eigenvalue weighted by Gasteiger charge is -2.25. The van der Waals surface area contributed by atoms with Crippen LogP contribution in [0.3, 0.4) is 0 Å². The van der Waals surface area contributed by atoms with E-state index >= 15 is 0 Å².